The van der Waals surface area contributed by atoms with Crippen LogP contribution in [0.2, 0.25) is 0 Å². The Labute approximate surface area is 120 Å². The highest BCUT2D eigenvalue weighted by molar-refractivity contribution is 5.54. The Balaban J connectivity index is 2.84. The maximum absolute atomic E-state index is 10.9. The lowest BCUT2D eigenvalue weighted by Gasteiger charge is -2.18. The smallest absolute Gasteiger partial charge is 0.276 e. The number of nitro groups is 1. The Hall–Kier alpha value is -1.85. The number of pyridine rings is 1. The number of hydrogen-bond acceptors (Lipinski definition) is 5. The highest BCUT2D eigenvalue weighted by atomic mass is 16.6. The molecule has 6 nitrogen and oxygen atoms in total. The highest BCUT2D eigenvalue weighted by Gasteiger charge is 2.13. The summed E-state index contributed by atoms with van der Waals surface area (Å²) in [6.45, 7) is 9.03. The third-order valence-electron chi connectivity index (χ3n) is 3.23. The van der Waals surface area contributed by atoms with E-state index in [9.17, 15) is 10.1 Å². The van der Waals surface area contributed by atoms with Gasteiger partial charge in [-0.2, -0.15) is 0 Å². The van der Waals surface area contributed by atoms with Crippen molar-refractivity contribution in [3.05, 3.63) is 22.2 Å². The summed E-state index contributed by atoms with van der Waals surface area (Å²) >= 11 is 0. The minimum Gasteiger partial charge on any atom is -0.370 e. The molecule has 1 aromatic rings. The van der Waals surface area contributed by atoms with E-state index in [1.807, 2.05) is 6.92 Å². The molecule has 6 heteroatoms. The molecule has 2 N–H and O–H groups in total. The van der Waals surface area contributed by atoms with E-state index in [-0.39, 0.29) is 11.7 Å². The molecule has 0 fully saturated rings. The van der Waals surface area contributed by atoms with E-state index >= 15 is 0 Å². The van der Waals surface area contributed by atoms with E-state index in [1.54, 1.807) is 0 Å². The van der Waals surface area contributed by atoms with Gasteiger partial charge in [-0.15, -0.1) is 0 Å². The monoisotopic (exact) mass is 280 g/mol. The molecule has 1 rings (SSSR count). The van der Waals surface area contributed by atoms with Gasteiger partial charge in [-0.3, -0.25) is 10.1 Å². The minimum atomic E-state index is -0.396. The molecule has 112 valence electrons. The zero-order chi connectivity index (χ0) is 15.1. The molecule has 0 amide bonds. The van der Waals surface area contributed by atoms with Crippen molar-refractivity contribution in [1.82, 2.24) is 4.98 Å². The Morgan fingerprint density at radius 1 is 1.30 bits per heavy atom. The van der Waals surface area contributed by atoms with Crippen LogP contribution >= 0.6 is 0 Å². The molecule has 0 aliphatic heterocycles. The summed E-state index contributed by atoms with van der Waals surface area (Å²) in [7, 11) is 0. The summed E-state index contributed by atoms with van der Waals surface area (Å²) < 4.78 is 0. The van der Waals surface area contributed by atoms with Gasteiger partial charge in [0.25, 0.3) is 5.69 Å². The Bertz CT molecular complexity index is 451. The molecule has 0 radical (unpaired) electrons. The average Bonchev–Trinajstić information content (AvgIpc) is 2.38. The van der Waals surface area contributed by atoms with Crippen molar-refractivity contribution in [2.45, 2.75) is 46.6 Å². The lowest BCUT2D eigenvalue weighted by Crippen LogP contribution is -2.19. The van der Waals surface area contributed by atoms with Crippen LogP contribution in [0.4, 0.5) is 17.3 Å². The summed E-state index contributed by atoms with van der Waals surface area (Å²) in [5.41, 5.74) is 0.0502. The van der Waals surface area contributed by atoms with Crippen LogP contribution in [0.3, 0.4) is 0 Å². The third-order valence-corrected chi connectivity index (χ3v) is 3.23. The number of rotatable bonds is 8. The molecule has 1 aromatic heterocycles. The lowest BCUT2D eigenvalue weighted by molar-refractivity contribution is -0.384. The van der Waals surface area contributed by atoms with Crippen molar-refractivity contribution in [3.8, 4) is 0 Å². The summed E-state index contributed by atoms with van der Waals surface area (Å²) in [6, 6.07) is 3.16. The standard InChI is InChI=1S/C14H24N4O2/c1-5-10(3)7-11(4)16-14-9-12(18(19)20)8-13(17-14)15-6-2/h8-11H,5-7H2,1-4H3,(H2,15,16,17). The van der Waals surface area contributed by atoms with E-state index in [2.05, 4.69) is 36.4 Å². The van der Waals surface area contributed by atoms with Crippen LogP contribution in [-0.2, 0) is 0 Å². The largest absolute Gasteiger partial charge is 0.370 e. The van der Waals surface area contributed by atoms with Gasteiger partial charge in [0.1, 0.15) is 11.6 Å². The van der Waals surface area contributed by atoms with Gasteiger partial charge >= 0.3 is 0 Å². The van der Waals surface area contributed by atoms with Crippen LogP contribution in [0.15, 0.2) is 12.1 Å². The Morgan fingerprint density at radius 2 is 1.95 bits per heavy atom. The van der Waals surface area contributed by atoms with Gasteiger partial charge in [0.15, 0.2) is 0 Å². The van der Waals surface area contributed by atoms with Gasteiger partial charge in [0.05, 0.1) is 17.1 Å². The zero-order valence-corrected chi connectivity index (χ0v) is 12.6. The molecular formula is C14H24N4O2. The molecule has 20 heavy (non-hydrogen) atoms. The lowest BCUT2D eigenvalue weighted by atomic mass is 10.0. The van der Waals surface area contributed by atoms with E-state index in [4.69, 9.17) is 0 Å². The fraction of sp³-hybridized carbons (Fsp3) is 0.643. The first-order chi connectivity index (χ1) is 9.46. The first-order valence-corrected chi connectivity index (χ1v) is 7.13. The van der Waals surface area contributed by atoms with Gasteiger partial charge in [0, 0.05) is 12.6 Å². The van der Waals surface area contributed by atoms with Crippen LogP contribution in [0.1, 0.15) is 40.5 Å². The first kappa shape index (κ1) is 16.2. The molecule has 1 heterocycles. The van der Waals surface area contributed by atoms with Gasteiger partial charge in [-0.1, -0.05) is 20.3 Å². The van der Waals surface area contributed by atoms with Crippen molar-refractivity contribution in [2.24, 2.45) is 5.92 Å². The number of anilines is 2. The predicted molar refractivity (Wildman–Crippen MR) is 82.2 cm³/mol. The average molecular weight is 280 g/mol. The molecule has 0 spiro atoms. The Kier molecular flexibility index (Phi) is 6.21. The molecule has 0 saturated carbocycles. The van der Waals surface area contributed by atoms with Crippen molar-refractivity contribution >= 4 is 17.3 Å². The van der Waals surface area contributed by atoms with Crippen LogP contribution in [0, 0.1) is 16.0 Å². The number of hydrogen-bond donors (Lipinski definition) is 2. The zero-order valence-electron chi connectivity index (χ0n) is 12.6. The van der Waals surface area contributed by atoms with Gasteiger partial charge < -0.3 is 10.6 Å². The number of nitrogens with zero attached hydrogens (tertiary/aromatic N) is 2. The Morgan fingerprint density at radius 3 is 2.50 bits per heavy atom. The first-order valence-electron chi connectivity index (χ1n) is 7.13. The van der Waals surface area contributed by atoms with Gasteiger partial charge in [0.2, 0.25) is 0 Å². The normalized spacial score (nSPS) is 13.6. The molecular weight excluding hydrogens is 256 g/mol. The van der Waals surface area contributed by atoms with Crippen LogP contribution in [0.25, 0.3) is 0 Å². The summed E-state index contributed by atoms with van der Waals surface area (Å²) in [4.78, 5) is 14.9. The van der Waals surface area contributed by atoms with E-state index in [0.717, 1.165) is 12.8 Å². The maximum Gasteiger partial charge on any atom is 0.276 e. The SMILES string of the molecule is CCNc1cc([N+](=O)[O-])cc(NC(C)CC(C)CC)n1. The van der Waals surface area contributed by atoms with Crippen LogP contribution in [0.5, 0.6) is 0 Å². The quantitative estimate of drug-likeness (QED) is 0.561. The molecule has 2 unspecified atom stereocenters. The van der Waals surface area contributed by atoms with Crippen molar-refractivity contribution in [3.63, 3.8) is 0 Å². The van der Waals surface area contributed by atoms with Crippen molar-refractivity contribution in [2.75, 3.05) is 17.2 Å². The molecule has 0 aromatic carbocycles. The topological polar surface area (TPSA) is 80.1 Å². The number of aromatic nitrogens is 1. The van der Waals surface area contributed by atoms with E-state index in [0.29, 0.717) is 24.1 Å². The maximum atomic E-state index is 10.9. The second kappa shape index (κ2) is 7.67. The molecule has 2 atom stereocenters. The highest BCUT2D eigenvalue weighted by Crippen LogP contribution is 2.22. The summed E-state index contributed by atoms with van der Waals surface area (Å²) in [5.74, 6) is 1.69. The molecule has 0 bridgehead atoms. The summed E-state index contributed by atoms with van der Waals surface area (Å²) in [6.07, 6.45) is 2.13. The molecule has 0 saturated heterocycles. The van der Waals surface area contributed by atoms with Crippen LogP contribution in [-0.4, -0.2) is 22.5 Å². The predicted octanol–water partition coefficient (Wildman–Crippen LogP) is 3.66. The van der Waals surface area contributed by atoms with Gasteiger partial charge in [-0.05, 0) is 26.2 Å². The second-order valence-corrected chi connectivity index (χ2v) is 5.18. The minimum absolute atomic E-state index is 0.0502. The fourth-order valence-corrected chi connectivity index (χ4v) is 2.05. The summed E-state index contributed by atoms with van der Waals surface area (Å²) in [5, 5.41) is 17.2. The van der Waals surface area contributed by atoms with E-state index < -0.39 is 4.92 Å². The van der Waals surface area contributed by atoms with Crippen molar-refractivity contribution < 1.29 is 4.92 Å². The number of nitrogens with one attached hydrogen (secondary N) is 2. The van der Waals surface area contributed by atoms with E-state index in [1.165, 1.54) is 12.1 Å². The second-order valence-electron chi connectivity index (χ2n) is 5.18. The molecule has 0 aliphatic carbocycles. The van der Waals surface area contributed by atoms with Gasteiger partial charge in [-0.25, -0.2) is 4.98 Å². The third kappa shape index (κ3) is 5.03. The van der Waals surface area contributed by atoms with Crippen molar-refractivity contribution in [1.29, 1.82) is 0 Å². The van der Waals surface area contributed by atoms with Crippen LogP contribution < -0.4 is 10.6 Å². The molecule has 0 aliphatic rings. The fourth-order valence-electron chi connectivity index (χ4n) is 2.05.